The van der Waals surface area contributed by atoms with E-state index in [1.807, 2.05) is 102 Å². The second-order valence-electron chi connectivity index (χ2n) is 13.9. The monoisotopic (exact) mass is 637 g/mol. The normalized spacial score (nSPS) is 13.2. The predicted octanol–water partition coefficient (Wildman–Crippen LogP) is 1.70. The minimum absolute atomic E-state index is 0.0422. The highest BCUT2D eigenvalue weighted by Gasteiger charge is 2.22. The Morgan fingerprint density at radius 2 is 1.13 bits per heavy atom. The third kappa shape index (κ3) is 23.4. The molecule has 0 radical (unpaired) electrons. The van der Waals surface area contributed by atoms with Crippen molar-refractivity contribution in [1.29, 1.82) is 0 Å². The molecule has 0 heterocycles. The number of benzene rings is 1. The molecule has 0 saturated heterocycles. The molecule has 258 valence electrons. The molecule has 1 rings (SSSR count). The Morgan fingerprint density at radius 1 is 0.689 bits per heavy atom. The van der Waals surface area contributed by atoms with Gasteiger partial charge in [0.2, 0.25) is 0 Å². The molecule has 0 aliphatic carbocycles. The van der Waals surface area contributed by atoms with Crippen molar-refractivity contribution in [2.45, 2.75) is 92.0 Å². The molecule has 0 spiro atoms. The van der Waals surface area contributed by atoms with Crippen LogP contribution in [-0.2, 0) is 39.9 Å². The van der Waals surface area contributed by atoms with Crippen LogP contribution in [0, 0.1) is 0 Å². The molecule has 0 bridgehead atoms. The molecule has 0 fully saturated rings. The molecule has 0 saturated carbocycles. The van der Waals surface area contributed by atoms with Gasteiger partial charge in [-0.25, -0.2) is 0 Å². The van der Waals surface area contributed by atoms with E-state index in [1.165, 1.54) is 0 Å². The van der Waals surface area contributed by atoms with Crippen LogP contribution in [0.3, 0.4) is 0 Å². The Morgan fingerprint density at radius 3 is 1.60 bits per heavy atom. The molecule has 0 aliphatic heterocycles. The molecule has 45 heavy (non-hydrogen) atoms. The number of nitrogens with one attached hydrogen (secondary N) is 2. The minimum Gasteiger partial charge on any atom is -0.830 e. The Hall–Kier alpha value is -2.61. The Bertz CT molecular complexity index is 1000. The van der Waals surface area contributed by atoms with E-state index in [0.29, 0.717) is 39.3 Å². The van der Waals surface area contributed by atoms with Crippen LogP contribution in [0.1, 0.15) is 67.9 Å². The summed E-state index contributed by atoms with van der Waals surface area (Å²) in [5.41, 5.74) is -0.901. The van der Waals surface area contributed by atoms with Crippen LogP contribution in [0.15, 0.2) is 30.3 Å². The van der Waals surface area contributed by atoms with E-state index in [1.54, 1.807) is 0 Å². The number of hydrogen-bond acceptors (Lipinski definition) is 12. The maximum absolute atomic E-state index is 12.7. The van der Waals surface area contributed by atoms with E-state index in [4.69, 9.17) is 18.9 Å². The number of rotatable bonds is 20. The molecule has 0 amide bonds. The van der Waals surface area contributed by atoms with Crippen LogP contribution >= 0.6 is 0 Å². The molecule has 1 atom stereocenters. The van der Waals surface area contributed by atoms with Gasteiger partial charge in [0.1, 0.15) is 16.8 Å². The predicted molar refractivity (Wildman–Crippen MR) is 171 cm³/mol. The smallest absolute Gasteiger partial charge is 0.320 e. The lowest BCUT2D eigenvalue weighted by atomic mass is 10.2. The molecule has 12 heteroatoms. The summed E-state index contributed by atoms with van der Waals surface area (Å²) in [6.45, 7) is 19.5. The van der Waals surface area contributed by atoms with Crippen LogP contribution in [0.4, 0.5) is 0 Å². The number of carbonyl (C=O) groups is 3. The van der Waals surface area contributed by atoms with Gasteiger partial charge in [-0.3, -0.25) is 24.2 Å². The molecule has 1 unspecified atom stereocenters. The molecule has 2 N–H and O–H groups in total. The molecular weight excluding hydrogens is 580 g/mol. The van der Waals surface area contributed by atoms with Crippen LogP contribution in [0.25, 0.3) is 0 Å². The quantitative estimate of drug-likeness (QED) is 0.0930. The second-order valence-corrected chi connectivity index (χ2v) is 13.9. The van der Waals surface area contributed by atoms with E-state index in [-0.39, 0.29) is 50.7 Å². The van der Waals surface area contributed by atoms with Gasteiger partial charge >= 0.3 is 17.9 Å². The van der Waals surface area contributed by atoms with Crippen molar-refractivity contribution >= 4 is 17.9 Å². The van der Waals surface area contributed by atoms with Gasteiger partial charge in [-0.15, -0.1) is 0 Å². The molecular formula is C33H57N4O8-. The molecule has 0 aromatic heterocycles. The Labute approximate surface area is 270 Å². The van der Waals surface area contributed by atoms with Crippen molar-refractivity contribution in [3.05, 3.63) is 35.9 Å². The summed E-state index contributed by atoms with van der Waals surface area (Å²) in [5, 5.41) is 18.5. The van der Waals surface area contributed by atoms with Crippen molar-refractivity contribution in [2.75, 3.05) is 65.4 Å². The first-order valence-corrected chi connectivity index (χ1v) is 15.6. The van der Waals surface area contributed by atoms with E-state index in [9.17, 15) is 19.5 Å². The lowest BCUT2D eigenvalue weighted by Gasteiger charge is -2.29. The summed E-state index contributed by atoms with van der Waals surface area (Å²) in [6, 6.07) is 9.50. The van der Waals surface area contributed by atoms with E-state index in [2.05, 4.69) is 10.6 Å². The number of ether oxygens (including phenoxy) is 4. The zero-order valence-electron chi connectivity index (χ0n) is 28.9. The van der Waals surface area contributed by atoms with Gasteiger partial charge in [-0.1, -0.05) is 30.3 Å². The van der Waals surface area contributed by atoms with Gasteiger partial charge in [0.25, 0.3) is 0 Å². The van der Waals surface area contributed by atoms with Gasteiger partial charge in [0, 0.05) is 45.8 Å². The SMILES string of the molecule is CC(C)(C)OC(=O)CNCCN(CCN(CCNCC([O-])OCc1ccccc1)CC(=O)OC(C)(C)C)CC(=O)OC(C)(C)C. The largest absolute Gasteiger partial charge is 0.830 e. The zero-order chi connectivity index (χ0) is 34.1. The summed E-state index contributed by atoms with van der Waals surface area (Å²) in [5.74, 6) is -1.09. The van der Waals surface area contributed by atoms with Gasteiger partial charge < -0.3 is 34.7 Å². The summed E-state index contributed by atoms with van der Waals surface area (Å²) in [4.78, 5) is 41.3. The van der Waals surface area contributed by atoms with Crippen LogP contribution < -0.4 is 15.7 Å². The van der Waals surface area contributed by atoms with Crippen molar-refractivity contribution in [3.8, 4) is 0 Å². The number of nitrogens with zero attached hydrogens (tertiary/aromatic N) is 2. The fourth-order valence-electron chi connectivity index (χ4n) is 4.02. The Balaban J connectivity index is 2.75. The zero-order valence-corrected chi connectivity index (χ0v) is 28.9. The second kappa shape index (κ2) is 19.8. The number of hydrogen-bond donors (Lipinski definition) is 2. The highest BCUT2D eigenvalue weighted by molar-refractivity contribution is 5.73. The molecule has 1 aromatic carbocycles. The first-order chi connectivity index (χ1) is 20.8. The highest BCUT2D eigenvalue weighted by atomic mass is 16.6. The third-order valence-electron chi connectivity index (χ3n) is 5.77. The van der Waals surface area contributed by atoms with Crippen LogP contribution in [0.2, 0.25) is 0 Å². The maximum atomic E-state index is 12.7. The summed E-state index contributed by atoms with van der Waals surface area (Å²) in [6.07, 6.45) is -1.23. The average Bonchev–Trinajstić information content (AvgIpc) is 2.87. The lowest BCUT2D eigenvalue weighted by Crippen LogP contribution is -2.46. The molecule has 12 nitrogen and oxygen atoms in total. The Kier molecular flexibility index (Phi) is 17.8. The first kappa shape index (κ1) is 40.4. The van der Waals surface area contributed by atoms with Crippen molar-refractivity contribution in [1.82, 2.24) is 20.4 Å². The third-order valence-corrected chi connectivity index (χ3v) is 5.77. The van der Waals surface area contributed by atoms with Crippen molar-refractivity contribution in [3.63, 3.8) is 0 Å². The van der Waals surface area contributed by atoms with E-state index >= 15 is 0 Å². The fraction of sp³-hybridized carbons (Fsp3) is 0.727. The van der Waals surface area contributed by atoms with Crippen LogP contribution in [-0.4, -0.2) is 116 Å². The standard InChI is InChI=1S/C33H57N4O8/c1-31(2,3)43-28(39)22-35-16-18-37(24-30(41)45-33(7,8)9)20-19-36(23-29(40)44-32(4,5)6)17-15-34-21-27(38)42-25-26-13-11-10-12-14-26/h10-14,27,34-35H,15-25H2,1-9H3/q-1. The van der Waals surface area contributed by atoms with E-state index in [0.717, 1.165) is 5.56 Å². The number of carbonyl (C=O) groups excluding carboxylic acids is 3. The van der Waals surface area contributed by atoms with Crippen molar-refractivity contribution in [2.24, 2.45) is 0 Å². The van der Waals surface area contributed by atoms with Gasteiger partial charge in [0.15, 0.2) is 0 Å². The summed E-state index contributed by atoms with van der Waals surface area (Å²) >= 11 is 0. The lowest BCUT2D eigenvalue weighted by molar-refractivity contribution is -0.490. The molecule has 0 aliphatic rings. The van der Waals surface area contributed by atoms with Crippen molar-refractivity contribution < 1.29 is 38.4 Å². The first-order valence-electron chi connectivity index (χ1n) is 15.6. The highest BCUT2D eigenvalue weighted by Crippen LogP contribution is 2.10. The topological polar surface area (TPSA) is 142 Å². The number of esters is 3. The van der Waals surface area contributed by atoms with E-state index < -0.39 is 23.1 Å². The average molecular weight is 638 g/mol. The summed E-state index contributed by atoms with van der Waals surface area (Å²) in [7, 11) is 0. The fourth-order valence-corrected chi connectivity index (χ4v) is 4.02. The van der Waals surface area contributed by atoms with Gasteiger partial charge in [0.05, 0.1) is 26.2 Å². The molecule has 1 aromatic rings. The summed E-state index contributed by atoms with van der Waals surface area (Å²) < 4.78 is 21.8. The minimum atomic E-state index is -1.23. The maximum Gasteiger partial charge on any atom is 0.320 e. The van der Waals surface area contributed by atoms with Gasteiger partial charge in [-0.2, -0.15) is 0 Å². The van der Waals surface area contributed by atoms with Crippen LogP contribution in [0.5, 0.6) is 0 Å². The van der Waals surface area contributed by atoms with Gasteiger partial charge in [-0.05, 0) is 74.2 Å².